The van der Waals surface area contributed by atoms with Gasteiger partial charge in [-0.25, -0.2) is 9.52 Å². The zero-order valence-corrected chi connectivity index (χ0v) is 17.8. The lowest BCUT2D eigenvalue weighted by Crippen LogP contribution is -2.34. The summed E-state index contributed by atoms with van der Waals surface area (Å²) in [4.78, 5) is 12.7. The molecule has 0 saturated heterocycles. The van der Waals surface area contributed by atoms with Gasteiger partial charge in [0.1, 0.15) is 5.76 Å². The quantitative estimate of drug-likeness (QED) is 0.692. The normalized spacial score (nSPS) is 22.3. The Bertz CT molecular complexity index is 1110. The van der Waals surface area contributed by atoms with Crippen molar-refractivity contribution in [2.24, 2.45) is 0 Å². The summed E-state index contributed by atoms with van der Waals surface area (Å²) in [5, 5.41) is 13.0. The highest BCUT2D eigenvalue weighted by Crippen LogP contribution is 2.39. The van der Waals surface area contributed by atoms with Gasteiger partial charge in [-0.15, -0.1) is 0 Å². The lowest BCUT2D eigenvalue weighted by Gasteiger charge is -2.26. The van der Waals surface area contributed by atoms with Crippen LogP contribution in [0.25, 0.3) is 0 Å². The van der Waals surface area contributed by atoms with E-state index < -0.39 is 21.7 Å². The molecule has 0 aliphatic heterocycles. The summed E-state index contributed by atoms with van der Waals surface area (Å²) in [7, 11) is -4.19. The number of sulfonamides is 1. The number of furan rings is 1. The second-order valence-corrected chi connectivity index (χ2v) is 10.4. The predicted octanol–water partition coefficient (Wildman–Crippen LogP) is 3.31. The van der Waals surface area contributed by atoms with Gasteiger partial charge in [0.2, 0.25) is 5.09 Å². The molecule has 8 heteroatoms. The number of hydrogen-bond acceptors (Lipinski definition) is 5. The van der Waals surface area contributed by atoms with E-state index in [-0.39, 0.29) is 5.09 Å². The second-order valence-electron chi connectivity index (χ2n) is 8.82. The summed E-state index contributed by atoms with van der Waals surface area (Å²) in [6, 6.07) is 2.80. The number of aryl methyl sites for hydroxylation is 3. The Kier molecular flexibility index (Phi) is 4.48. The molecule has 0 saturated carbocycles. The first-order valence-electron chi connectivity index (χ1n) is 10.6. The van der Waals surface area contributed by atoms with E-state index >= 15 is 0 Å². The molecular formula is C22H26N2O5S. The Morgan fingerprint density at radius 1 is 1.03 bits per heavy atom. The maximum atomic E-state index is 12.8. The van der Waals surface area contributed by atoms with Crippen molar-refractivity contribution in [3.63, 3.8) is 0 Å². The van der Waals surface area contributed by atoms with Crippen molar-refractivity contribution in [1.82, 2.24) is 4.72 Å². The number of rotatable bonds is 3. The standard InChI is InChI=1S/C22H26N2O5S/c1-22(26)10-4-9-18-17(22)12-19(29-18)30(27,28)24-21(25)23-20-15-7-2-5-13(15)11-14-6-3-8-16(14)20/h11-12,26H,2-10H2,1H3,(H2,23,24,25)/t22-/m1/s1. The van der Waals surface area contributed by atoms with Crippen LogP contribution in [0.5, 0.6) is 0 Å². The molecule has 3 aliphatic rings. The van der Waals surface area contributed by atoms with E-state index in [0.29, 0.717) is 30.6 Å². The van der Waals surface area contributed by atoms with E-state index in [1.807, 2.05) is 0 Å². The molecule has 1 atom stereocenters. The van der Waals surface area contributed by atoms with Gasteiger partial charge in [0.25, 0.3) is 10.0 Å². The molecule has 0 bridgehead atoms. The fourth-order valence-electron chi connectivity index (χ4n) is 5.18. The summed E-state index contributed by atoms with van der Waals surface area (Å²) in [6.45, 7) is 1.65. The van der Waals surface area contributed by atoms with Crippen molar-refractivity contribution in [2.75, 3.05) is 5.32 Å². The first kappa shape index (κ1) is 19.6. The summed E-state index contributed by atoms with van der Waals surface area (Å²) < 4.78 is 33.2. The Morgan fingerprint density at radius 2 is 1.70 bits per heavy atom. The predicted molar refractivity (Wildman–Crippen MR) is 111 cm³/mol. The first-order chi connectivity index (χ1) is 14.2. The summed E-state index contributed by atoms with van der Waals surface area (Å²) in [6.07, 6.45) is 7.69. The number of carbonyl (C=O) groups is 1. The van der Waals surface area contributed by atoms with Gasteiger partial charge in [0, 0.05) is 23.7 Å². The van der Waals surface area contributed by atoms with Crippen LogP contribution < -0.4 is 10.0 Å². The Morgan fingerprint density at radius 3 is 2.33 bits per heavy atom. The smallest absolute Gasteiger partial charge is 0.333 e. The van der Waals surface area contributed by atoms with Crippen LogP contribution in [0.3, 0.4) is 0 Å². The largest absolute Gasteiger partial charge is 0.447 e. The molecule has 160 valence electrons. The van der Waals surface area contributed by atoms with Gasteiger partial charge in [-0.3, -0.25) is 0 Å². The molecule has 1 heterocycles. The van der Waals surface area contributed by atoms with Crippen LogP contribution in [-0.4, -0.2) is 19.6 Å². The SMILES string of the molecule is C[C@@]1(O)CCCc2oc(S(=O)(=O)NC(=O)Nc3c4c(cc5c3CCC5)CCC4)cc21. The van der Waals surface area contributed by atoms with E-state index in [9.17, 15) is 18.3 Å². The molecule has 2 amide bonds. The van der Waals surface area contributed by atoms with E-state index in [0.717, 1.165) is 55.3 Å². The highest BCUT2D eigenvalue weighted by Gasteiger charge is 2.36. The summed E-state index contributed by atoms with van der Waals surface area (Å²) >= 11 is 0. The molecule has 2 aromatic rings. The number of nitrogens with one attached hydrogen (secondary N) is 2. The first-order valence-corrected chi connectivity index (χ1v) is 12.1. The molecule has 0 spiro atoms. The van der Waals surface area contributed by atoms with Crippen LogP contribution in [0.15, 0.2) is 21.6 Å². The molecule has 5 rings (SSSR count). The highest BCUT2D eigenvalue weighted by molar-refractivity contribution is 7.89. The highest BCUT2D eigenvalue weighted by atomic mass is 32.2. The van der Waals surface area contributed by atoms with Crippen molar-refractivity contribution in [2.45, 2.75) is 75.4 Å². The van der Waals surface area contributed by atoms with Crippen molar-refractivity contribution in [1.29, 1.82) is 0 Å². The molecule has 1 aromatic carbocycles. The third kappa shape index (κ3) is 3.22. The van der Waals surface area contributed by atoms with Gasteiger partial charge in [0.05, 0.1) is 5.60 Å². The number of anilines is 1. The number of carbonyl (C=O) groups excluding carboxylic acids is 1. The fraction of sp³-hybridized carbons (Fsp3) is 0.500. The van der Waals surface area contributed by atoms with Crippen LogP contribution in [0.1, 0.15) is 66.2 Å². The van der Waals surface area contributed by atoms with Crippen molar-refractivity contribution >= 4 is 21.7 Å². The van der Waals surface area contributed by atoms with Gasteiger partial charge >= 0.3 is 6.03 Å². The van der Waals surface area contributed by atoms with E-state index in [1.165, 1.54) is 17.2 Å². The van der Waals surface area contributed by atoms with Crippen LogP contribution in [-0.2, 0) is 47.7 Å². The zero-order valence-electron chi connectivity index (χ0n) is 17.0. The van der Waals surface area contributed by atoms with Gasteiger partial charge < -0.3 is 14.8 Å². The topological polar surface area (TPSA) is 109 Å². The van der Waals surface area contributed by atoms with Crippen LogP contribution in [0, 0.1) is 0 Å². The van der Waals surface area contributed by atoms with Gasteiger partial charge in [-0.2, -0.15) is 8.42 Å². The molecule has 1 aromatic heterocycles. The van der Waals surface area contributed by atoms with Gasteiger partial charge in [-0.05, 0) is 80.5 Å². The summed E-state index contributed by atoms with van der Waals surface area (Å²) in [5.74, 6) is 0.464. The number of benzene rings is 1. The Labute approximate surface area is 175 Å². The second kappa shape index (κ2) is 6.85. The van der Waals surface area contributed by atoms with Crippen molar-refractivity contribution in [3.8, 4) is 0 Å². The number of hydrogen-bond donors (Lipinski definition) is 3. The molecular weight excluding hydrogens is 404 g/mol. The molecule has 30 heavy (non-hydrogen) atoms. The number of fused-ring (bicyclic) bond motifs is 3. The monoisotopic (exact) mass is 430 g/mol. The molecule has 0 unspecified atom stereocenters. The van der Waals surface area contributed by atoms with Crippen molar-refractivity contribution in [3.05, 3.63) is 45.7 Å². The molecule has 3 N–H and O–H groups in total. The van der Waals surface area contributed by atoms with Crippen LogP contribution in [0.4, 0.5) is 10.5 Å². The molecule has 3 aliphatic carbocycles. The third-order valence-electron chi connectivity index (χ3n) is 6.64. The third-order valence-corrected chi connectivity index (χ3v) is 7.82. The molecule has 0 fully saturated rings. The molecule has 7 nitrogen and oxygen atoms in total. The maximum Gasteiger partial charge on any atom is 0.333 e. The van der Waals surface area contributed by atoms with E-state index in [1.54, 1.807) is 6.92 Å². The zero-order chi connectivity index (χ0) is 21.1. The average Bonchev–Trinajstić information content (AvgIpc) is 3.39. The van der Waals surface area contributed by atoms with E-state index in [4.69, 9.17) is 4.42 Å². The minimum absolute atomic E-state index is 0.339. The Balaban J connectivity index is 1.40. The minimum atomic E-state index is -4.19. The number of urea groups is 1. The molecule has 0 radical (unpaired) electrons. The summed E-state index contributed by atoms with van der Waals surface area (Å²) in [5.41, 5.74) is 4.92. The lowest BCUT2D eigenvalue weighted by molar-refractivity contribution is 0.0362. The van der Waals surface area contributed by atoms with Gasteiger partial charge in [0.15, 0.2) is 0 Å². The maximum absolute atomic E-state index is 12.8. The van der Waals surface area contributed by atoms with Crippen LogP contribution >= 0.6 is 0 Å². The average molecular weight is 431 g/mol. The van der Waals surface area contributed by atoms with E-state index in [2.05, 4.69) is 16.1 Å². The lowest BCUT2D eigenvalue weighted by atomic mass is 9.85. The van der Waals surface area contributed by atoms with Crippen molar-refractivity contribution < 1.29 is 22.7 Å². The van der Waals surface area contributed by atoms with Crippen LogP contribution in [0.2, 0.25) is 0 Å². The fourth-order valence-corrected chi connectivity index (χ4v) is 6.06. The number of aliphatic hydroxyl groups is 1. The van der Waals surface area contributed by atoms with Gasteiger partial charge in [-0.1, -0.05) is 6.07 Å². The number of amides is 2. The minimum Gasteiger partial charge on any atom is -0.447 e. The Hall–Kier alpha value is -2.32.